The topological polar surface area (TPSA) is 76.5 Å². The molecular formula is C9H6FNO3. The monoisotopic (exact) mass is 195 g/mol. The molecule has 0 bridgehead atoms. The van der Waals surface area contributed by atoms with Crippen molar-refractivity contribution in [3.63, 3.8) is 0 Å². The maximum Gasteiger partial charge on any atom is 0.374 e. The molecule has 5 heteroatoms. The molecule has 4 nitrogen and oxygen atoms in total. The Kier molecular flexibility index (Phi) is 1.67. The van der Waals surface area contributed by atoms with Crippen LogP contribution in [0.1, 0.15) is 10.6 Å². The normalized spacial score (nSPS) is 10.6. The number of anilines is 1. The standard InChI is InChI=1S/C9H6FNO3/c10-4-1-2-5-6(3-4)14-8(7(5)11)9(12)13/h1-3H,11H2,(H,12,13). The minimum absolute atomic E-state index is 0.0208. The molecule has 3 N–H and O–H groups in total. The van der Waals surface area contributed by atoms with Crippen molar-refractivity contribution in [2.24, 2.45) is 0 Å². The Morgan fingerprint density at radius 3 is 2.86 bits per heavy atom. The van der Waals surface area contributed by atoms with Crippen molar-refractivity contribution < 1.29 is 18.7 Å². The second-order valence-electron chi connectivity index (χ2n) is 2.79. The Balaban J connectivity index is 2.79. The summed E-state index contributed by atoms with van der Waals surface area (Å²) < 4.78 is 17.6. The first kappa shape index (κ1) is 8.55. The van der Waals surface area contributed by atoms with Crippen LogP contribution >= 0.6 is 0 Å². The average Bonchev–Trinajstić information content (AvgIpc) is 2.43. The SMILES string of the molecule is Nc1c(C(=O)O)oc2cc(F)ccc12. The number of hydrogen-bond acceptors (Lipinski definition) is 3. The van der Waals surface area contributed by atoms with Gasteiger partial charge in [-0.2, -0.15) is 0 Å². The molecule has 1 heterocycles. The summed E-state index contributed by atoms with van der Waals surface area (Å²) in [5.74, 6) is -2.12. The van der Waals surface area contributed by atoms with Crippen LogP contribution in [0.5, 0.6) is 0 Å². The molecule has 0 aliphatic heterocycles. The third kappa shape index (κ3) is 1.10. The molecule has 2 aromatic rings. The summed E-state index contributed by atoms with van der Waals surface area (Å²) in [6, 6.07) is 3.67. The zero-order valence-corrected chi connectivity index (χ0v) is 6.95. The number of aromatic carboxylic acids is 1. The Bertz CT molecular complexity index is 518. The van der Waals surface area contributed by atoms with Crippen LogP contribution < -0.4 is 5.73 Å². The van der Waals surface area contributed by atoms with Crippen molar-refractivity contribution in [2.45, 2.75) is 0 Å². The van der Waals surface area contributed by atoms with Gasteiger partial charge in [-0.05, 0) is 12.1 Å². The fourth-order valence-electron chi connectivity index (χ4n) is 1.25. The Morgan fingerprint density at radius 2 is 2.21 bits per heavy atom. The van der Waals surface area contributed by atoms with Crippen LogP contribution in [0, 0.1) is 5.82 Å². The minimum Gasteiger partial charge on any atom is -0.475 e. The van der Waals surface area contributed by atoms with Crippen molar-refractivity contribution in [3.05, 3.63) is 29.8 Å². The van der Waals surface area contributed by atoms with Crippen molar-refractivity contribution in [2.75, 3.05) is 5.73 Å². The fraction of sp³-hybridized carbons (Fsp3) is 0. The predicted octanol–water partition coefficient (Wildman–Crippen LogP) is 1.85. The van der Waals surface area contributed by atoms with E-state index >= 15 is 0 Å². The lowest BCUT2D eigenvalue weighted by atomic mass is 10.2. The molecule has 0 saturated carbocycles. The number of carboxylic acids is 1. The van der Waals surface area contributed by atoms with Crippen LogP contribution in [0.3, 0.4) is 0 Å². The highest BCUT2D eigenvalue weighted by Crippen LogP contribution is 2.28. The van der Waals surface area contributed by atoms with Gasteiger partial charge in [0.15, 0.2) is 0 Å². The molecule has 0 unspecified atom stereocenters. The first-order valence-corrected chi connectivity index (χ1v) is 3.80. The van der Waals surface area contributed by atoms with E-state index in [1.807, 2.05) is 0 Å². The van der Waals surface area contributed by atoms with Gasteiger partial charge in [-0.15, -0.1) is 0 Å². The molecule has 0 atom stereocenters. The van der Waals surface area contributed by atoms with Crippen molar-refractivity contribution in [1.29, 1.82) is 0 Å². The fourth-order valence-corrected chi connectivity index (χ4v) is 1.25. The van der Waals surface area contributed by atoms with Gasteiger partial charge in [0.2, 0.25) is 5.76 Å². The van der Waals surface area contributed by atoms with Crippen LogP contribution in [0.25, 0.3) is 11.0 Å². The highest BCUT2D eigenvalue weighted by atomic mass is 19.1. The van der Waals surface area contributed by atoms with Gasteiger partial charge in [-0.1, -0.05) is 0 Å². The third-order valence-electron chi connectivity index (χ3n) is 1.88. The molecule has 0 aliphatic carbocycles. The van der Waals surface area contributed by atoms with Crippen molar-refractivity contribution >= 4 is 22.6 Å². The van der Waals surface area contributed by atoms with E-state index in [9.17, 15) is 9.18 Å². The van der Waals surface area contributed by atoms with Crippen molar-refractivity contribution in [3.8, 4) is 0 Å². The second kappa shape index (κ2) is 2.73. The number of carbonyl (C=O) groups is 1. The summed E-state index contributed by atoms with van der Waals surface area (Å²) in [5, 5.41) is 9.07. The quantitative estimate of drug-likeness (QED) is 0.727. The summed E-state index contributed by atoms with van der Waals surface area (Å²) in [5.41, 5.74) is 5.65. The highest BCUT2D eigenvalue weighted by Gasteiger charge is 2.17. The molecule has 0 radical (unpaired) electrons. The second-order valence-corrected chi connectivity index (χ2v) is 2.79. The first-order chi connectivity index (χ1) is 6.59. The molecular weight excluding hydrogens is 189 g/mol. The van der Waals surface area contributed by atoms with Crippen LogP contribution in [0.2, 0.25) is 0 Å². The molecule has 0 amide bonds. The summed E-state index contributed by atoms with van der Waals surface area (Å²) in [7, 11) is 0. The van der Waals surface area contributed by atoms with Gasteiger partial charge in [0, 0.05) is 11.5 Å². The van der Waals surface area contributed by atoms with Gasteiger partial charge in [-0.3, -0.25) is 0 Å². The van der Waals surface area contributed by atoms with Gasteiger partial charge in [0.05, 0.1) is 5.69 Å². The molecule has 14 heavy (non-hydrogen) atoms. The van der Waals surface area contributed by atoms with Gasteiger partial charge >= 0.3 is 5.97 Å². The van der Waals surface area contributed by atoms with E-state index < -0.39 is 11.8 Å². The lowest BCUT2D eigenvalue weighted by Crippen LogP contribution is -1.98. The third-order valence-corrected chi connectivity index (χ3v) is 1.88. The van der Waals surface area contributed by atoms with Crippen LogP contribution in [-0.2, 0) is 0 Å². The van der Waals surface area contributed by atoms with Crippen LogP contribution in [0.4, 0.5) is 10.1 Å². The molecule has 0 saturated heterocycles. The van der Waals surface area contributed by atoms with Gasteiger partial charge in [0.1, 0.15) is 11.4 Å². The molecule has 72 valence electrons. The Morgan fingerprint density at radius 1 is 1.50 bits per heavy atom. The predicted molar refractivity (Wildman–Crippen MR) is 47.5 cm³/mol. The zero-order chi connectivity index (χ0) is 10.3. The average molecular weight is 195 g/mol. The molecule has 0 spiro atoms. The summed E-state index contributed by atoms with van der Waals surface area (Å²) >= 11 is 0. The first-order valence-electron chi connectivity index (χ1n) is 3.80. The summed E-state index contributed by atoms with van der Waals surface area (Å²) in [6.07, 6.45) is 0. The Hall–Kier alpha value is -2.04. The number of carboxylic acid groups (broad SMARTS) is 1. The van der Waals surface area contributed by atoms with E-state index in [-0.39, 0.29) is 17.0 Å². The Labute approximate surface area is 77.7 Å². The number of fused-ring (bicyclic) bond motifs is 1. The maximum absolute atomic E-state index is 12.7. The van der Waals surface area contributed by atoms with Gasteiger partial charge in [-0.25, -0.2) is 9.18 Å². The number of nitrogens with two attached hydrogens (primary N) is 1. The molecule has 0 aliphatic rings. The van der Waals surface area contributed by atoms with E-state index in [1.54, 1.807) is 0 Å². The lowest BCUT2D eigenvalue weighted by molar-refractivity contribution is 0.0666. The lowest BCUT2D eigenvalue weighted by Gasteiger charge is -1.88. The van der Waals surface area contributed by atoms with Gasteiger partial charge < -0.3 is 15.3 Å². The van der Waals surface area contributed by atoms with E-state index in [2.05, 4.69) is 0 Å². The molecule has 1 aromatic heterocycles. The minimum atomic E-state index is -1.26. The molecule has 1 aromatic carbocycles. The molecule has 2 rings (SSSR count). The smallest absolute Gasteiger partial charge is 0.374 e. The largest absolute Gasteiger partial charge is 0.475 e. The number of halogens is 1. The zero-order valence-electron chi connectivity index (χ0n) is 6.95. The number of nitrogen functional groups attached to an aromatic ring is 1. The van der Waals surface area contributed by atoms with E-state index in [1.165, 1.54) is 12.1 Å². The summed E-state index contributed by atoms with van der Waals surface area (Å²) in [6.45, 7) is 0. The van der Waals surface area contributed by atoms with Gasteiger partial charge in [0.25, 0.3) is 0 Å². The van der Waals surface area contributed by atoms with Crippen LogP contribution in [-0.4, -0.2) is 11.1 Å². The van der Waals surface area contributed by atoms with E-state index in [0.717, 1.165) is 6.07 Å². The summed E-state index contributed by atoms with van der Waals surface area (Å²) in [4.78, 5) is 10.6. The molecule has 0 fully saturated rings. The van der Waals surface area contributed by atoms with E-state index in [4.69, 9.17) is 15.3 Å². The maximum atomic E-state index is 12.7. The number of furan rings is 1. The number of hydrogen-bond donors (Lipinski definition) is 2. The number of benzene rings is 1. The van der Waals surface area contributed by atoms with E-state index in [0.29, 0.717) is 5.39 Å². The van der Waals surface area contributed by atoms with Crippen LogP contribution in [0.15, 0.2) is 22.6 Å². The number of rotatable bonds is 1. The van der Waals surface area contributed by atoms with Crippen molar-refractivity contribution in [1.82, 2.24) is 0 Å². The highest BCUT2D eigenvalue weighted by molar-refractivity contribution is 6.02.